The van der Waals surface area contributed by atoms with Crippen LogP contribution in [-0.2, 0) is 6.42 Å². The zero-order valence-corrected chi connectivity index (χ0v) is 10.4. The molecule has 0 bridgehead atoms. The molecule has 2 aromatic rings. The highest BCUT2D eigenvalue weighted by Gasteiger charge is 2.14. The summed E-state index contributed by atoms with van der Waals surface area (Å²) in [4.78, 5) is 1.36. The van der Waals surface area contributed by atoms with E-state index in [9.17, 15) is 0 Å². The Bertz CT molecular complexity index is 524. The summed E-state index contributed by atoms with van der Waals surface area (Å²) in [5.41, 5.74) is 4.18. The van der Waals surface area contributed by atoms with Crippen molar-refractivity contribution in [3.05, 3.63) is 51.3 Å². The first-order chi connectivity index (χ1) is 7.36. The van der Waals surface area contributed by atoms with E-state index in [1.165, 1.54) is 26.0 Å². The normalized spacial score (nSPS) is 13.1. The van der Waals surface area contributed by atoms with Gasteiger partial charge in [0.15, 0.2) is 0 Å². The van der Waals surface area contributed by atoms with Gasteiger partial charge in [-0.05, 0) is 40.6 Å². The molecule has 0 fully saturated rings. The molecule has 0 radical (unpaired) electrons. The molecular formula is C13H9BrS. The highest BCUT2D eigenvalue weighted by molar-refractivity contribution is 9.10. The Kier molecular flexibility index (Phi) is 2.26. The summed E-state index contributed by atoms with van der Waals surface area (Å²) < 4.78 is 1.20. The molecule has 2 heteroatoms. The van der Waals surface area contributed by atoms with Crippen LogP contribution in [0.2, 0.25) is 0 Å². The monoisotopic (exact) mass is 276 g/mol. The highest BCUT2D eigenvalue weighted by Crippen LogP contribution is 2.37. The van der Waals surface area contributed by atoms with Crippen molar-refractivity contribution in [2.45, 2.75) is 6.42 Å². The standard InChI is InChI=1S/C13H9BrS/c14-12-7-6-11(13-5-2-8-15-13)9-3-1-4-10(9)12/h1-2,4-8H,3H2. The molecule has 0 aliphatic heterocycles. The second-order valence-electron chi connectivity index (χ2n) is 3.57. The van der Waals surface area contributed by atoms with Gasteiger partial charge in [-0.25, -0.2) is 0 Å². The van der Waals surface area contributed by atoms with E-state index < -0.39 is 0 Å². The molecule has 74 valence electrons. The van der Waals surface area contributed by atoms with Crippen molar-refractivity contribution in [2.24, 2.45) is 0 Å². The van der Waals surface area contributed by atoms with Crippen molar-refractivity contribution in [3.63, 3.8) is 0 Å². The first-order valence-corrected chi connectivity index (χ1v) is 6.55. The van der Waals surface area contributed by atoms with Crippen LogP contribution in [0.5, 0.6) is 0 Å². The third kappa shape index (κ3) is 1.48. The van der Waals surface area contributed by atoms with Crippen LogP contribution in [0.3, 0.4) is 0 Å². The van der Waals surface area contributed by atoms with Crippen molar-refractivity contribution in [1.82, 2.24) is 0 Å². The molecule has 1 aromatic carbocycles. The molecule has 0 N–H and O–H groups in total. The van der Waals surface area contributed by atoms with Gasteiger partial charge in [-0.15, -0.1) is 11.3 Å². The van der Waals surface area contributed by atoms with Gasteiger partial charge in [-0.1, -0.05) is 40.2 Å². The van der Waals surface area contributed by atoms with Crippen molar-refractivity contribution in [2.75, 3.05) is 0 Å². The van der Waals surface area contributed by atoms with Gasteiger partial charge in [0.25, 0.3) is 0 Å². The minimum Gasteiger partial charge on any atom is -0.144 e. The largest absolute Gasteiger partial charge is 0.144 e. The summed E-state index contributed by atoms with van der Waals surface area (Å²) in [5.74, 6) is 0. The van der Waals surface area contributed by atoms with Crippen LogP contribution in [0, 0.1) is 0 Å². The Morgan fingerprint density at radius 1 is 1.20 bits per heavy atom. The summed E-state index contributed by atoms with van der Waals surface area (Å²) in [6.07, 6.45) is 5.49. The van der Waals surface area contributed by atoms with Crippen molar-refractivity contribution in [1.29, 1.82) is 0 Å². The molecule has 1 aliphatic rings. The third-order valence-electron chi connectivity index (χ3n) is 2.70. The van der Waals surface area contributed by atoms with Gasteiger partial charge in [0.1, 0.15) is 0 Å². The smallest absolute Gasteiger partial charge is 0.0345 e. The summed E-state index contributed by atoms with van der Waals surface area (Å²) in [5, 5.41) is 2.13. The molecule has 3 rings (SSSR count). The minimum atomic E-state index is 1.06. The summed E-state index contributed by atoms with van der Waals surface area (Å²) in [6, 6.07) is 8.65. The summed E-state index contributed by atoms with van der Waals surface area (Å²) >= 11 is 5.40. The molecule has 15 heavy (non-hydrogen) atoms. The Balaban J connectivity index is 2.24. The average Bonchev–Trinajstić information content (AvgIpc) is 2.88. The SMILES string of the molecule is Brc1ccc(-c2cccs2)c2c1C=CC2. The zero-order chi connectivity index (χ0) is 10.3. The molecule has 0 atom stereocenters. The van der Waals surface area contributed by atoms with Crippen LogP contribution < -0.4 is 0 Å². The molecular weight excluding hydrogens is 268 g/mol. The third-order valence-corrected chi connectivity index (χ3v) is 4.29. The fourth-order valence-corrected chi connectivity index (χ4v) is 3.28. The number of benzene rings is 1. The Morgan fingerprint density at radius 2 is 2.13 bits per heavy atom. The van der Waals surface area contributed by atoms with Gasteiger partial charge < -0.3 is 0 Å². The molecule has 0 unspecified atom stereocenters. The predicted octanol–water partition coefficient (Wildman–Crippen LogP) is 4.75. The van der Waals surface area contributed by atoms with E-state index in [0.717, 1.165) is 6.42 Å². The van der Waals surface area contributed by atoms with Crippen LogP contribution in [0.4, 0.5) is 0 Å². The Morgan fingerprint density at radius 3 is 2.93 bits per heavy atom. The maximum absolute atomic E-state index is 3.60. The quantitative estimate of drug-likeness (QED) is 0.705. The maximum Gasteiger partial charge on any atom is 0.0345 e. The Labute approximate surface area is 101 Å². The van der Waals surface area contributed by atoms with Crippen LogP contribution in [0.25, 0.3) is 16.5 Å². The lowest BCUT2D eigenvalue weighted by molar-refractivity contribution is 1.31. The average molecular weight is 277 g/mol. The van der Waals surface area contributed by atoms with Gasteiger partial charge >= 0.3 is 0 Å². The van der Waals surface area contributed by atoms with E-state index in [4.69, 9.17) is 0 Å². The van der Waals surface area contributed by atoms with E-state index >= 15 is 0 Å². The zero-order valence-electron chi connectivity index (χ0n) is 8.03. The number of fused-ring (bicyclic) bond motifs is 1. The molecule has 1 heterocycles. The molecule has 1 aliphatic carbocycles. The lowest BCUT2D eigenvalue weighted by atomic mass is 10.0. The fraction of sp³-hybridized carbons (Fsp3) is 0.0769. The number of halogens is 1. The van der Waals surface area contributed by atoms with Gasteiger partial charge in [0, 0.05) is 9.35 Å². The summed E-state index contributed by atoms with van der Waals surface area (Å²) in [7, 11) is 0. The van der Waals surface area contributed by atoms with Crippen LogP contribution >= 0.6 is 27.3 Å². The van der Waals surface area contributed by atoms with Gasteiger partial charge in [0.05, 0.1) is 0 Å². The van der Waals surface area contributed by atoms with Crippen LogP contribution in [0.15, 0.2) is 40.2 Å². The second-order valence-corrected chi connectivity index (χ2v) is 5.37. The maximum atomic E-state index is 3.60. The van der Waals surface area contributed by atoms with E-state index in [0.29, 0.717) is 0 Å². The second kappa shape index (κ2) is 3.62. The molecule has 1 aromatic heterocycles. The van der Waals surface area contributed by atoms with Crippen LogP contribution in [-0.4, -0.2) is 0 Å². The lowest BCUT2D eigenvalue weighted by Crippen LogP contribution is -1.87. The highest BCUT2D eigenvalue weighted by atomic mass is 79.9. The number of hydrogen-bond acceptors (Lipinski definition) is 1. The van der Waals surface area contributed by atoms with E-state index in [1.54, 1.807) is 11.3 Å². The molecule has 0 saturated heterocycles. The van der Waals surface area contributed by atoms with Gasteiger partial charge in [0.2, 0.25) is 0 Å². The van der Waals surface area contributed by atoms with Crippen molar-refractivity contribution >= 4 is 33.3 Å². The number of allylic oxidation sites excluding steroid dienone is 1. The molecule has 0 spiro atoms. The van der Waals surface area contributed by atoms with Crippen molar-refractivity contribution in [3.8, 4) is 10.4 Å². The molecule has 0 saturated carbocycles. The first-order valence-electron chi connectivity index (χ1n) is 4.88. The lowest BCUT2D eigenvalue weighted by Gasteiger charge is -2.08. The number of thiophene rings is 1. The first kappa shape index (κ1) is 9.37. The van der Waals surface area contributed by atoms with Gasteiger partial charge in [-0.2, -0.15) is 0 Å². The molecule has 0 amide bonds. The van der Waals surface area contributed by atoms with Crippen LogP contribution in [0.1, 0.15) is 11.1 Å². The summed E-state index contributed by atoms with van der Waals surface area (Å²) in [6.45, 7) is 0. The predicted molar refractivity (Wildman–Crippen MR) is 70.2 cm³/mol. The van der Waals surface area contributed by atoms with E-state index in [2.05, 4.69) is 57.7 Å². The topological polar surface area (TPSA) is 0 Å². The van der Waals surface area contributed by atoms with Gasteiger partial charge in [-0.3, -0.25) is 0 Å². The minimum absolute atomic E-state index is 1.06. The number of hydrogen-bond donors (Lipinski definition) is 0. The van der Waals surface area contributed by atoms with Crippen molar-refractivity contribution < 1.29 is 0 Å². The fourth-order valence-electron chi connectivity index (χ4n) is 1.99. The number of rotatable bonds is 1. The van der Waals surface area contributed by atoms with E-state index in [1.807, 2.05) is 0 Å². The molecule has 0 nitrogen and oxygen atoms in total. The Hall–Kier alpha value is -0.860. The van der Waals surface area contributed by atoms with E-state index in [-0.39, 0.29) is 0 Å².